The summed E-state index contributed by atoms with van der Waals surface area (Å²) in [5.41, 5.74) is 3.19. The van der Waals surface area contributed by atoms with E-state index in [9.17, 15) is 14.9 Å². The molecule has 3 heterocycles. The molecular formula is C25H25N7O2S. The van der Waals surface area contributed by atoms with Gasteiger partial charge in [0, 0.05) is 30.8 Å². The maximum Gasteiger partial charge on any atom is 0.291 e. The number of nitrogens with zero attached hydrogens (tertiary/aromatic N) is 6. The van der Waals surface area contributed by atoms with Crippen molar-refractivity contribution in [3.8, 4) is 6.07 Å². The summed E-state index contributed by atoms with van der Waals surface area (Å²) < 4.78 is 1.60. The number of aromatic nitrogens is 3. The fourth-order valence-electron chi connectivity index (χ4n) is 4.41. The molecule has 0 unspecified atom stereocenters. The number of nitrogens with one attached hydrogen (secondary N) is 1. The first kappa shape index (κ1) is 22.9. The molecule has 1 saturated heterocycles. The summed E-state index contributed by atoms with van der Waals surface area (Å²) in [7, 11) is 1.68. The number of hydrogen-bond donors (Lipinski definition) is 1. The molecule has 1 aromatic heterocycles. The highest BCUT2D eigenvalue weighted by molar-refractivity contribution is 7.99. The van der Waals surface area contributed by atoms with Gasteiger partial charge in [0.05, 0.1) is 23.5 Å². The Kier molecular flexibility index (Phi) is 6.42. The first-order chi connectivity index (χ1) is 17.0. The zero-order valence-corrected chi connectivity index (χ0v) is 20.2. The van der Waals surface area contributed by atoms with Gasteiger partial charge in [0.15, 0.2) is 0 Å². The zero-order chi connectivity index (χ0) is 24.4. The third-order valence-corrected chi connectivity index (χ3v) is 7.41. The highest BCUT2D eigenvalue weighted by Gasteiger charge is 2.32. The normalized spacial score (nSPS) is 17.6. The number of amides is 2. The Bertz CT molecular complexity index is 1290. The number of likely N-dealkylation sites (N-methyl/N-ethyl adjacent to an activating group) is 1. The van der Waals surface area contributed by atoms with Crippen molar-refractivity contribution in [2.24, 2.45) is 0 Å². The Hall–Kier alpha value is -3.84. The summed E-state index contributed by atoms with van der Waals surface area (Å²) in [6.45, 7) is 2.35. The van der Waals surface area contributed by atoms with E-state index in [2.05, 4.69) is 26.4 Å². The van der Waals surface area contributed by atoms with Crippen LogP contribution >= 0.6 is 11.8 Å². The summed E-state index contributed by atoms with van der Waals surface area (Å²) in [6, 6.07) is 15.1. The van der Waals surface area contributed by atoms with Crippen molar-refractivity contribution in [2.75, 3.05) is 35.7 Å². The van der Waals surface area contributed by atoms with Crippen LogP contribution in [0.4, 0.5) is 11.4 Å². The lowest BCUT2D eigenvalue weighted by atomic mass is 10.1. The Balaban J connectivity index is 1.31. The summed E-state index contributed by atoms with van der Waals surface area (Å²) in [6.07, 6.45) is 3.73. The predicted molar refractivity (Wildman–Crippen MR) is 134 cm³/mol. The molecule has 0 spiro atoms. The minimum atomic E-state index is -0.744. The maximum absolute atomic E-state index is 13.2. The van der Waals surface area contributed by atoms with Crippen LogP contribution in [0.5, 0.6) is 0 Å². The monoisotopic (exact) mass is 487 g/mol. The van der Waals surface area contributed by atoms with Gasteiger partial charge in [-0.05, 0) is 30.5 Å². The summed E-state index contributed by atoms with van der Waals surface area (Å²) >= 11 is 1.50. The van der Waals surface area contributed by atoms with Gasteiger partial charge in [-0.1, -0.05) is 30.3 Å². The standard InChI is InChI=1S/C25H25N7O2S/c1-30-21-11-18(13-26)20(31-9-5-6-10-31)12-22(21)35-15-19(25(30)34)28-24(33)23-27-16-32(29-23)14-17-7-3-2-4-8-17/h2-4,7-8,11-12,16,19H,5-6,9-10,14-15H2,1H3,(H,28,33)/t19-/m0/s1. The number of benzene rings is 2. The molecule has 1 atom stereocenters. The van der Waals surface area contributed by atoms with Gasteiger partial charge >= 0.3 is 0 Å². The average Bonchev–Trinajstić information content (AvgIpc) is 3.56. The van der Waals surface area contributed by atoms with Gasteiger partial charge in [-0.3, -0.25) is 9.59 Å². The van der Waals surface area contributed by atoms with E-state index in [0.29, 0.717) is 23.5 Å². The van der Waals surface area contributed by atoms with Crippen molar-refractivity contribution < 1.29 is 9.59 Å². The van der Waals surface area contributed by atoms with Gasteiger partial charge < -0.3 is 15.1 Å². The van der Waals surface area contributed by atoms with Crippen LogP contribution in [0.15, 0.2) is 53.7 Å². The van der Waals surface area contributed by atoms with Gasteiger partial charge in [-0.25, -0.2) is 9.67 Å². The van der Waals surface area contributed by atoms with Crippen LogP contribution in [0.25, 0.3) is 0 Å². The smallest absolute Gasteiger partial charge is 0.291 e. The van der Waals surface area contributed by atoms with Crippen molar-refractivity contribution in [1.29, 1.82) is 5.26 Å². The van der Waals surface area contributed by atoms with Crippen LogP contribution < -0.4 is 15.1 Å². The molecule has 9 nitrogen and oxygen atoms in total. The molecule has 2 aliphatic heterocycles. The lowest BCUT2D eigenvalue weighted by Gasteiger charge is -2.24. The van der Waals surface area contributed by atoms with E-state index in [1.165, 1.54) is 23.0 Å². The average molecular weight is 488 g/mol. The molecule has 2 amide bonds. The zero-order valence-electron chi connectivity index (χ0n) is 19.3. The van der Waals surface area contributed by atoms with Crippen LogP contribution in [-0.4, -0.2) is 58.5 Å². The molecule has 0 saturated carbocycles. The third-order valence-electron chi connectivity index (χ3n) is 6.27. The van der Waals surface area contributed by atoms with E-state index >= 15 is 0 Å². The van der Waals surface area contributed by atoms with E-state index < -0.39 is 11.9 Å². The highest BCUT2D eigenvalue weighted by atomic mass is 32.2. The lowest BCUT2D eigenvalue weighted by molar-refractivity contribution is -0.119. The fraction of sp³-hybridized carbons (Fsp3) is 0.320. The molecule has 2 aromatic carbocycles. The lowest BCUT2D eigenvalue weighted by Crippen LogP contribution is -2.48. The second-order valence-electron chi connectivity index (χ2n) is 8.63. The topological polar surface area (TPSA) is 107 Å². The van der Waals surface area contributed by atoms with Crippen molar-refractivity contribution >= 4 is 35.0 Å². The van der Waals surface area contributed by atoms with Gasteiger partial charge in [-0.2, -0.15) is 5.26 Å². The second kappa shape index (κ2) is 9.80. The van der Waals surface area contributed by atoms with E-state index in [-0.39, 0.29) is 11.7 Å². The second-order valence-corrected chi connectivity index (χ2v) is 9.69. The Morgan fingerprint density at radius 2 is 1.97 bits per heavy atom. The molecule has 0 radical (unpaired) electrons. The summed E-state index contributed by atoms with van der Waals surface area (Å²) in [5, 5.41) is 16.8. The van der Waals surface area contributed by atoms with Gasteiger partial charge in [0.1, 0.15) is 18.4 Å². The van der Waals surface area contributed by atoms with Crippen molar-refractivity contribution in [2.45, 2.75) is 30.3 Å². The molecule has 0 aliphatic carbocycles. The fourth-order valence-corrected chi connectivity index (χ4v) is 5.52. The van der Waals surface area contributed by atoms with Crippen LogP contribution in [-0.2, 0) is 11.3 Å². The highest BCUT2D eigenvalue weighted by Crippen LogP contribution is 2.39. The number of fused-ring (bicyclic) bond motifs is 1. The Morgan fingerprint density at radius 1 is 1.20 bits per heavy atom. The maximum atomic E-state index is 13.2. The molecule has 2 aliphatic rings. The van der Waals surface area contributed by atoms with Gasteiger partial charge in [-0.15, -0.1) is 16.9 Å². The predicted octanol–water partition coefficient (Wildman–Crippen LogP) is 2.67. The first-order valence-corrected chi connectivity index (χ1v) is 12.5. The number of anilines is 2. The quantitative estimate of drug-likeness (QED) is 0.590. The van der Waals surface area contributed by atoms with Crippen molar-refractivity contribution in [3.05, 3.63) is 65.7 Å². The van der Waals surface area contributed by atoms with E-state index in [4.69, 9.17) is 0 Å². The van der Waals surface area contributed by atoms with Crippen LogP contribution in [0.1, 0.15) is 34.6 Å². The molecule has 1 N–H and O–H groups in total. The largest absolute Gasteiger partial charge is 0.370 e. The first-order valence-electron chi connectivity index (χ1n) is 11.5. The van der Waals surface area contributed by atoms with E-state index in [0.717, 1.165) is 42.1 Å². The molecule has 178 valence electrons. The molecule has 0 bridgehead atoms. The SMILES string of the molecule is CN1C(=O)[C@@H](NC(=O)c2ncn(Cc3ccccc3)n2)CSc2cc(N3CCCC3)c(C#N)cc21. The summed E-state index contributed by atoms with van der Waals surface area (Å²) in [4.78, 5) is 34.9. The van der Waals surface area contributed by atoms with E-state index in [1.54, 1.807) is 17.8 Å². The van der Waals surface area contributed by atoms with Crippen molar-refractivity contribution in [1.82, 2.24) is 20.1 Å². The van der Waals surface area contributed by atoms with Crippen molar-refractivity contribution in [3.63, 3.8) is 0 Å². The minimum absolute atomic E-state index is 0.0197. The number of nitriles is 1. The van der Waals surface area contributed by atoms with Gasteiger partial charge in [0.25, 0.3) is 5.91 Å². The number of carbonyl (C=O) groups excluding carboxylic acids is 2. The molecule has 3 aromatic rings. The third kappa shape index (κ3) is 4.72. The van der Waals surface area contributed by atoms with Crippen LogP contribution in [0.2, 0.25) is 0 Å². The van der Waals surface area contributed by atoms with Crippen LogP contribution in [0.3, 0.4) is 0 Å². The molecular weight excluding hydrogens is 462 g/mol. The molecule has 5 rings (SSSR count). The number of rotatable bonds is 5. The molecule has 1 fully saturated rings. The number of hydrogen-bond acceptors (Lipinski definition) is 7. The molecule has 35 heavy (non-hydrogen) atoms. The Labute approximate surface area is 207 Å². The number of carbonyl (C=O) groups is 2. The molecule has 10 heteroatoms. The van der Waals surface area contributed by atoms with Crippen LogP contribution in [0, 0.1) is 11.3 Å². The van der Waals surface area contributed by atoms with E-state index in [1.807, 2.05) is 36.4 Å². The summed E-state index contributed by atoms with van der Waals surface area (Å²) in [5.74, 6) is -0.346. The Morgan fingerprint density at radius 3 is 2.71 bits per heavy atom. The number of thioether (sulfide) groups is 1. The minimum Gasteiger partial charge on any atom is -0.370 e. The van der Waals surface area contributed by atoms with Gasteiger partial charge in [0.2, 0.25) is 11.7 Å².